The molecule has 2 heterocycles. The van der Waals surface area contributed by atoms with Gasteiger partial charge in [-0.05, 0) is 86.4 Å². The Morgan fingerprint density at radius 3 is 2.09 bits per heavy atom. The van der Waals surface area contributed by atoms with Crippen LogP contribution >= 0.6 is 0 Å². The highest BCUT2D eigenvalue weighted by Gasteiger charge is 2.43. The van der Waals surface area contributed by atoms with Gasteiger partial charge in [-0.3, -0.25) is 4.98 Å². The summed E-state index contributed by atoms with van der Waals surface area (Å²) in [5.41, 5.74) is 3.77. The summed E-state index contributed by atoms with van der Waals surface area (Å²) in [7, 11) is -3.29. The van der Waals surface area contributed by atoms with E-state index in [1.807, 2.05) is 85.9 Å². The molecule has 2 N–H and O–H groups in total. The number of pyridine rings is 1. The SMILES string of the molecule is Cc1ccc(S(=O)(=O)CCCc2ccc(C(C)(C)CC3CC(C(O)(c4ccccc4)c4ccccc4)CCN3)nc2)cc1. The molecule has 6 heteroatoms. The summed E-state index contributed by atoms with van der Waals surface area (Å²) in [6.45, 7) is 7.27. The monoisotopic (exact) mass is 596 g/mol. The van der Waals surface area contributed by atoms with Gasteiger partial charge in [-0.1, -0.05) is 98.3 Å². The third-order valence-electron chi connectivity index (χ3n) is 9.05. The van der Waals surface area contributed by atoms with Crippen molar-refractivity contribution in [2.45, 2.75) is 74.8 Å². The number of rotatable bonds is 11. The maximum Gasteiger partial charge on any atom is 0.178 e. The van der Waals surface area contributed by atoms with E-state index >= 15 is 0 Å². The molecule has 0 aliphatic carbocycles. The Balaban J connectivity index is 1.23. The van der Waals surface area contributed by atoms with Gasteiger partial charge in [0.1, 0.15) is 5.60 Å². The van der Waals surface area contributed by atoms with Crippen LogP contribution in [0.2, 0.25) is 0 Å². The molecule has 1 saturated heterocycles. The Morgan fingerprint density at radius 1 is 0.884 bits per heavy atom. The van der Waals surface area contributed by atoms with Crippen LogP contribution < -0.4 is 5.32 Å². The molecule has 5 rings (SSSR count). The summed E-state index contributed by atoms with van der Waals surface area (Å²) in [6, 6.07) is 31.6. The number of sulfone groups is 1. The minimum atomic E-state index is -3.29. The van der Waals surface area contributed by atoms with E-state index < -0.39 is 15.4 Å². The van der Waals surface area contributed by atoms with Crippen LogP contribution in [0.1, 0.15) is 67.5 Å². The first-order valence-electron chi connectivity index (χ1n) is 15.4. The molecule has 2 atom stereocenters. The standard InChI is InChI=1S/C37H44N2O3S/c1-28-16-19-34(20-17-28)43(41,42)24-10-11-29-18-21-35(39-27-29)36(2,3)26-33-25-32(22-23-38-33)37(40,30-12-6-4-7-13-30)31-14-8-5-9-15-31/h4-9,12-21,27,32-33,38,40H,10-11,22-26H2,1-3H3. The van der Waals surface area contributed by atoms with Gasteiger partial charge in [-0.2, -0.15) is 0 Å². The second-order valence-corrected chi connectivity index (χ2v) is 14.9. The molecule has 2 unspecified atom stereocenters. The summed E-state index contributed by atoms with van der Waals surface area (Å²) in [6.07, 6.45) is 5.77. The van der Waals surface area contributed by atoms with E-state index in [0.29, 0.717) is 17.7 Å². The van der Waals surface area contributed by atoms with Crippen LogP contribution in [0.5, 0.6) is 0 Å². The van der Waals surface area contributed by atoms with E-state index in [9.17, 15) is 13.5 Å². The molecule has 1 aromatic heterocycles. The highest BCUT2D eigenvalue weighted by Crippen LogP contribution is 2.43. The molecular formula is C37H44N2O3S. The first kappa shape index (κ1) is 31.1. The smallest absolute Gasteiger partial charge is 0.178 e. The zero-order valence-electron chi connectivity index (χ0n) is 25.5. The van der Waals surface area contributed by atoms with Gasteiger partial charge in [0.25, 0.3) is 0 Å². The second-order valence-electron chi connectivity index (χ2n) is 12.7. The van der Waals surface area contributed by atoms with Crippen LogP contribution in [0.25, 0.3) is 0 Å². The largest absolute Gasteiger partial charge is 0.380 e. The van der Waals surface area contributed by atoms with Gasteiger partial charge in [0.2, 0.25) is 0 Å². The second kappa shape index (κ2) is 13.1. The summed E-state index contributed by atoms with van der Waals surface area (Å²) in [5, 5.41) is 16.1. The maximum absolute atomic E-state index is 12.7. The van der Waals surface area contributed by atoms with Crippen LogP contribution in [0.3, 0.4) is 0 Å². The summed E-state index contributed by atoms with van der Waals surface area (Å²) >= 11 is 0. The van der Waals surface area contributed by atoms with Crippen molar-refractivity contribution in [2.24, 2.45) is 5.92 Å². The number of hydrogen-bond donors (Lipinski definition) is 2. The predicted molar refractivity (Wildman–Crippen MR) is 174 cm³/mol. The number of nitrogens with one attached hydrogen (secondary N) is 1. The minimum Gasteiger partial charge on any atom is -0.380 e. The quantitative estimate of drug-likeness (QED) is 0.200. The number of aliphatic hydroxyl groups is 1. The average Bonchev–Trinajstić information content (AvgIpc) is 3.02. The van der Waals surface area contributed by atoms with Crippen LogP contribution in [0.15, 0.2) is 108 Å². The van der Waals surface area contributed by atoms with Gasteiger partial charge in [0, 0.05) is 23.3 Å². The number of hydrogen-bond acceptors (Lipinski definition) is 5. The van der Waals surface area contributed by atoms with Crippen molar-refractivity contribution in [1.29, 1.82) is 0 Å². The van der Waals surface area contributed by atoms with E-state index in [-0.39, 0.29) is 23.1 Å². The molecule has 1 aliphatic heterocycles. The Labute approximate surface area is 257 Å². The molecule has 1 fully saturated rings. The van der Waals surface area contributed by atoms with Gasteiger partial charge in [0.15, 0.2) is 9.84 Å². The highest BCUT2D eigenvalue weighted by atomic mass is 32.2. The summed E-state index contributed by atoms with van der Waals surface area (Å²) in [5.74, 6) is 0.196. The summed E-state index contributed by atoms with van der Waals surface area (Å²) < 4.78 is 25.4. The lowest BCUT2D eigenvalue weighted by Crippen LogP contribution is -2.48. The molecular weight excluding hydrogens is 552 g/mol. The molecule has 5 nitrogen and oxygen atoms in total. The highest BCUT2D eigenvalue weighted by molar-refractivity contribution is 7.91. The number of nitrogens with zero attached hydrogens (tertiary/aromatic N) is 1. The lowest BCUT2D eigenvalue weighted by Gasteiger charge is -2.43. The van der Waals surface area contributed by atoms with Crippen molar-refractivity contribution in [1.82, 2.24) is 10.3 Å². The third kappa shape index (κ3) is 7.26. The van der Waals surface area contributed by atoms with Crippen LogP contribution in [-0.2, 0) is 27.3 Å². The zero-order chi connectivity index (χ0) is 30.5. The first-order chi connectivity index (χ1) is 20.6. The van der Waals surface area contributed by atoms with Crippen molar-refractivity contribution >= 4 is 9.84 Å². The Hall–Kier alpha value is -3.32. The molecule has 226 valence electrons. The van der Waals surface area contributed by atoms with Gasteiger partial charge in [-0.25, -0.2) is 8.42 Å². The minimum absolute atomic E-state index is 0.0749. The molecule has 0 amide bonds. The Morgan fingerprint density at radius 2 is 1.51 bits per heavy atom. The lowest BCUT2D eigenvalue weighted by molar-refractivity contribution is -0.00683. The predicted octanol–water partition coefficient (Wildman–Crippen LogP) is 6.77. The molecule has 4 aromatic rings. The Bertz CT molecular complexity index is 1530. The van der Waals surface area contributed by atoms with Crippen LogP contribution in [-0.4, -0.2) is 36.8 Å². The zero-order valence-corrected chi connectivity index (χ0v) is 26.4. The van der Waals surface area contributed by atoms with Gasteiger partial charge < -0.3 is 10.4 Å². The lowest BCUT2D eigenvalue weighted by atomic mass is 9.69. The molecule has 0 spiro atoms. The number of aryl methyl sites for hydroxylation is 2. The van der Waals surface area contributed by atoms with E-state index in [4.69, 9.17) is 4.98 Å². The molecule has 0 bridgehead atoms. The number of benzene rings is 3. The van der Waals surface area contributed by atoms with E-state index in [0.717, 1.165) is 53.8 Å². The fraction of sp³-hybridized carbons (Fsp3) is 0.378. The molecule has 3 aromatic carbocycles. The van der Waals surface area contributed by atoms with E-state index in [1.165, 1.54) is 0 Å². The van der Waals surface area contributed by atoms with Gasteiger partial charge in [0.05, 0.1) is 10.6 Å². The van der Waals surface area contributed by atoms with Crippen molar-refractivity contribution in [3.8, 4) is 0 Å². The van der Waals surface area contributed by atoms with Crippen LogP contribution in [0.4, 0.5) is 0 Å². The van der Waals surface area contributed by atoms with Gasteiger partial charge >= 0.3 is 0 Å². The fourth-order valence-corrected chi connectivity index (χ4v) is 7.90. The first-order valence-corrected chi connectivity index (χ1v) is 17.0. The fourth-order valence-electron chi connectivity index (χ4n) is 6.59. The number of aromatic nitrogens is 1. The maximum atomic E-state index is 12.7. The van der Waals surface area contributed by atoms with Gasteiger partial charge in [-0.15, -0.1) is 0 Å². The molecule has 0 radical (unpaired) electrons. The topological polar surface area (TPSA) is 79.3 Å². The van der Waals surface area contributed by atoms with E-state index in [2.05, 4.69) is 31.3 Å². The Kier molecular flexibility index (Phi) is 9.50. The third-order valence-corrected chi connectivity index (χ3v) is 10.9. The van der Waals surface area contributed by atoms with Crippen molar-refractivity contribution in [3.05, 3.63) is 131 Å². The molecule has 43 heavy (non-hydrogen) atoms. The van der Waals surface area contributed by atoms with Crippen molar-refractivity contribution in [3.63, 3.8) is 0 Å². The molecule has 1 aliphatic rings. The van der Waals surface area contributed by atoms with Crippen LogP contribution in [0, 0.1) is 12.8 Å². The van der Waals surface area contributed by atoms with Crippen molar-refractivity contribution in [2.75, 3.05) is 12.3 Å². The normalized spacial score (nSPS) is 18.0. The van der Waals surface area contributed by atoms with E-state index in [1.54, 1.807) is 12.1 Å². The number of piperidine rings is 1. The van der Waals surface area contributed by atoms with Crippen molar-refractivity contribution < 1.29 is 13.5 Å². The average molecular weight is 597 g/mol. The molecule has 0 saturated carbocycles. The summed E-state index contributed by atoms with van der Waals surface area (Å²) in [4.78, 5) is 5.22.